The molecule has 2 aromatic rings. The second kappa shape index (κ2) is 4.55. The summed E-state index contributed by atoms with van der Waals surface area (Å²) in [6.07, 6.45) is 2.82. The highest BCUT2D eigenvalue weighted by molar-refractivity contribution is 5.78. The SMILES string of the molecule is CN(C1=CCCOC1)c1cc2oc(=O)[nH]c2cc1F. The summed E-state index contributed by atoms with van der Waals surface area (Å²) in [5.74, 6) is -1.01. The van der Waals surface area contributed by atoms with E-state index in [1.165, 1.54) is 12.1 Å². The lowest BCUT2D eigenvalue weighted by atomic mass is 10.2. The first-order valence-corrected chi connectivity index (χ1v) is 5.98. The Balaban J connectivity index is 2.05. The molecule has 1 aromatic carbocycles. The molecule has 2 heterocycles. The molecule has 0 unspecified atom stereocenters. The van der Waals surface area contributed by atoms with Crippen LogP contribution in [0.15, 0.2) is 33.1 Å². The zero-order valence-corrected chi connectivity index (χ0v) is 10.4. The zero-order valence-electron chi connectivity index (χ0n) is 10.4. The summed E-state index contributed by atoms with van der Waals surface area (Å²) < 4.78 is 24.4. The highest BCUT2D eigenvalue weighted by Gasteiger charge is 2.16. The minimum absolute atomic E-state index is 0.338. The van der Waals surface area contributed by atoms with Gasteiger partial charge in [-0.1, -0.05) is 6.08 Å². The molecular formula is C13H13FN2O3. The van der Waals surface area contributed by atoms with E-state index in [-0.39, 0.29) is 0 Å². The number of rotatable bonds is 2. The number of anilines is 1. The maximum Gasteiger partial charge on any atom is 0.417 e. The Morgan fingerprint density at radius 2 is 2.26 bits per heavy atom. The molecule has 0 aliphatic carbocycles. The second-order valence-electron chi connectivity index (χ2n) is 4.41. The lowest BCUT2D eigenvalue weighted by molar-refractivity contribution is 0.149. The summed E-state index contributed by atoms with van der Waals surface area (Å²) >= 11 is 0. The summed E-state index contributed by atoms with van der Waals surface area (Å²) in [4.78, 5) is 15.2. The van der Waals surface area contributed by atoms with E-state index >= 15 is 0 Å². The number of H-pyrrole nitrogens is 1. The molecule has 1 aliphatic rings. The molecule has 6 heteroatoms. The van der Waals surface area contributed by atoms with Crippen LogP contribution in [0.25, 0.3) is 11.1 Å². The van der Waals surface area contributed by atoms with Crippen molar-refractivity contribution in [2.24, 2.45) is 0 Å². The molecule has 0 radical (unpaired) electrons. The molecule has 100 valence electrons. The largest absolute Gasteiger partial charge is 0.417 e. The summed E-state index contributed by atoms with van der Waals surface area (Å²) in [7, 11) is 1.76. The summed E-state index contributed by atoms with van der Waals surface area (Å²) in [6, 6.07) is 2.77. The predicted molar refractivity (Wildman–Crippen MR) is 68.7 cm³/mol. The minimum atomic E-state index is -0.589. The Labute approximate surface area is 108 Å². The molecule has 0 atom stereocenters. The zero-order chi connectivity index (χ0) is 13.4. The van der Waals surface area contributed by atoms with E-state index in [2.05, 4.69) is 4.98 Å². The predicted octanol–water partition coefficient (Wildman–Crippen LogP) is 2.00. The maximum absolute atomic E-state index is 14.1. The quantitative estimate of drug-likeness (QED) is 0.901. The van der Waals surface area contributed by atoms with Gasteiger partial charge in [-0.15, -0.1) is 0 Å². The number of fused-ring (bicyclic) bond motifs is 1. The van der Waals surface area contributed by atoms with E-state index in [9.17, 15) is 9.18 Å². The molecule has 0 fully saturated rings. The number of halogens is 1. The molecule has 19 heavy (non-hydrogen) atoms. The first-order valence-electron chi connectivity index (χ1n) is 5.98. The topological polar surface area (TPSA) is 58.5 Å². The van der Waals surface area contributed by atoms with Gasteiger partial charge in [-0.2, -0.15) is 0 Å². The number of aromatic amines is 1. The van der Waals surface area contributed by atoms with E-state index in [1.54, 1.807) is 11.9 Å². The van der Waals surface area contributed by atoms with E-state index in [0.717, 1.165) is 12.1 Å². The average molecular weight is 264 g/mol. The number of nitrogens with zero attached hydrogens (tertiary/aromatic N) is 1. The molecule has 1 aliphatic heterocycles. The Bertz CT molecular complexity index is 701. The number of benzene rings is 1. The van der Waals surface area contributed by atoms with Crippen LogP contribution in [-0.4, -0.2) is 25.2 Å². The summed E-state index contributed by atoms with van der Waals surface area (Å²) in [6.45, 7) is 1.14. The van der Waals surface area contributed by atoms with Crippen LogP contribution in [0.1, 0.15) is 6.42 Å². The Kier molecular flexibility index (Phi) is 2.87. The number of ether oxygens (including phenoxy) is 1. The van der Waals surface area contributed by atoms with Crippen molar-refractivity contribution < 1.29 is 13.5 Å². The van der Waals surface area contributed by atoms with Crippen LogP contribution in [0, 0.1) is 5.82 Å². The number of hydrogen-bond acceptors (Lipinski definition) is 4. The lowest BCUT2D eigenvalue weighted by Crippen LogP contribution is -2.24. The van der Waals surface area contributed by atoms with Crippen molar-refractivity contribution in [3.05, 3.63) is 40.3 Å². The summed E-state index contributed by atoms with van der Waals surface area (Å²) in [5.41, 5.74) is 1.94. The monoisotopic (exact) mass is 264 g/mol. The second-order valence-corrected chi connectivity index (χ2v) is 4.41. The van der Waals surface area contributed by atoms with Crippen molar-refractivity contribution in [3.8, 4) is 0 Å². The van der Waals surface area contributed by atoms with Crippen LogP contribution >= 0.6 is 0 Å². The first-order chi connectivity index (χ1) is 9.15. The molecule has 0 saturated carbocycles. The van der Waals surface area contributed by atoms with Gasteiger partial charge in [0.2, 0.25) is 0 Å². The Hall–Kier alpha value is -2.08. The fourth-order valence-corrected chi connectivity index (χ4v) is 2.15. The minimum Gasteiger partial charge on any atom is -0.408 e. The van der Waals surface area contributed by atoms with Gasteiger partial charge in [0.25, 0.3) is 0 Å². The molecule has 1 aromatic heterocycles. The van der Waals surface area contributed by atoms with Crippen LogP contribution in [-0.2, 0) is 4.74 Å². The molecule has 0 spiro atoms. The summed E-state index contributed by atoms with van der Waals surface area (Å²) in [5, 5.41) is 0. The number of aromatic nitrogens is 1. The van der Waals surface area contributed by atoms with E-state index in [1.807, 2.05) is 6.08 Å². The van der Waals surface area contributed by atoms with E-state index < -0.39 is 11.6 Å². The molecule has 0 bridgehead atoms. The van der Waals surface area contributed by atoms with Gasteiger partial charge in [0.1, 0.15) is 5.82 Å². The molecule has 5 nitrogen and oxygen atoms in total. The molecule has 3 rings (SSSR count). The van der Waals surface area contributed by atoms with Crippen molar-refractivity contribution in [2.75, 3.05) is 25.2 Å². The standard InChI is InChI=1S/C13H13FN2O3/c1-16(8-3-2-4-18-7-8)11-6-12-10(5-9(11)14)15-13(17)19-12/h3,5-6H,2,4,7H2,1H3,(H,15,17). The van der Waals surface area contributed by atoms with E-state index in [0.29, 0.717) is 30.0 Å². The third kappa shape index (κ3) is 2.15. The number of likely N-dealkylation sites (N-methyl/N-ethyl adjacent to an activating group) is 1. The van der Waals surface area contributed by atoms with Gasteiger partial charge in [-0.3, -0.25) is 4.98 Å². The highest BCUT2D eigenvalue weighted by atomic mass is 19.1. The van der Waals surface area contributed by atoms with E-state index in [4.69, 9.17) is 9.15 Å². The fraction of sp³-hybridized carbons (Fsp3) is 0.308. The van der Waals surface area contributed by atoms with Gasteiger partial charge in [0.05, 0.1) is 24.4 Å². The lowest BCUT2D eigenvalue weighted by Gasteiger charge is -2.25. The maximum atomic E-state index is 14.1. The number of hydrogen-bond donors (Lipinski definition) is 1. The van der Waals surface area contributed by atoms with Gasteiger partial charge >= 0.3 is 5.76 Å². The van der Waals surface area contributed by atoms with Crippen molar-refractivity contribution in [3.63, 3.8) is 0 Å². The van der Waals surface area contributed by atoms with Crippen molar-refractivity contribution in [1.82, 2.24) is 4.98 Å². The normalized spacial score (nSPS) is 15.6. The van der Waals surface area contributed by atoms with Crippen molar-refractivity contribution in [1.29, 1.82) is 0 Å². The Morgan fingerprint density at radius 3 is 3.00 bits per heavy atom. The number of nitrogens with one attached hydrogen (secondary N) is 1. The van der Waals surface area contributed by atoms with Gasteiger partial charge in [-0.25, -0.2) is 9.18 Å². The Morgan fingerprint density at radius 1 is 1.42 bits per heavy atom. The molecular weight excluding hydrogens is 251 g/mol. The fourth-order valence-electron chi connectivity index (χ4n) is 2.15. The first kappa shape index (κ1) is 12.0. The van der Waals surface area contributed by atoms with Gasteiger partial charge in [0.15, 0.2) is 5.58 Å². The van der Waals surface area contributed by atoms with Crippen LogP contribution < -0.4 is 10.7 Å². The van der Waals surface area contributed by atoms with Crippen LogP contribution in [0.4, 0.5) is 10.1 Å². The van der Waals surface area contributed by atoms with Gasteiger partial charge in [0, 0.05) is 24.9 Å². The number of oxazole rings is 1. The molecule has 0 saturated heterocycles. The van der Waals surface area contributed by atoms with Crippen LogP contribution in [0.2, 0.25) is 0 Å². The third-order valence-electron chi connectivity index (χ3n) is 3.17. The van der Waals surface area contributed by atoms with Crippen LogP contribution in [0.5, 0.6) is 0 Å². The molecule has 1 N–H and O–H groups in total. The highest BCUT2D eigenvalue weighted by Crippen LogP contribution is 2.27. The smallest absolute Gasteiger partial charge is 0.408 e. The molecule has 0 amide bonds. The third-order valence-corrected chi connectivity index (χ3v) is 3.17. The van der Waals surface area contributed by atoms with Crippen LogP contribution in [0.3, 0.4) is 0 Å². The van der Waals surface area contributed by atoms with Gasteiger partial charge in [-0.05, 0) is 6.42 Å². The van der Waals surface area contributed by atoms with Crippen molar-refractivity contribution in [2.45, 2.75) is 6.42 Å². The average Bonchev–Trinajstić information content (AvgIpc) is 2.77. The van der Waals surface area contributed by atoms with Crippen molar-refractivity contribution >= 4 is 16.8 Å². The van der Waals surface area contributed by atoms with Gasteiger partial charge < -0.3 is 14.1 Å².